The number of ether oxygens (including phenoxy) is 3. The van der Waals surface area contributed by atoms with Crippen LogP contribution >= 0.6 is 0 Å². The number of hydrogen-bond donors (Lipinski definition) is 0. The normalized spacial score (nSPS) is 33.5. The minimum absolute atomic E-state index is 0.0600. The summed E-state index contributed by atoms with van der Waals surface area (Å²) in [5, 5.41) is 0. The molecule has 3 aliphatic rings. The van der Waals surface area contributed by atoms with Gasteiger partial charge >= 0.3 is 6.01 Å². The summed E-state index contributed by atoms with van der Waals surface area (Å²) in [6, 6.07) is 2.13. The molecule has 0 aromatic carbocycles. The van der Waals surface area contributed by atoms with Crippen molar-refractivity contribution in [2.75, 3.05) is 26.3 Å². The van der Waals surface area contributed by atoms with E-state index in [1.807, 2.05) is 4.90 Å². The summed E-state index contributed by atoms with van der Waals surface area (Å²) in [5.41, 5.74) is -0.284. The zero-order valence-electron chi connectivity index (χ0n) is 13.0. The third-order valence-corrected chi connectivity index (χ3v) is 4.82. The summed E-state index contributed by atoms with van der Waals surface area (Å²) in [7, 11) is 0. The maximum Gasteiger partial charge on any atom is 0.316 e. The lowest BCUT2D eigenvalue weighted by atomic mass is 9.98. The van der Waals surface area contributed by atoms with E-state index in [0.717, 1.165) is 32.2 Å². The fraction of sp³-hybridized carbons (Fsp3) is 0.688. The maximum atomic E-state index is 12.5. The van der Waals surface area contributed by atoms with E-state index < -0.39 is 0 Å². The van der Waals surface area contributed by atoms with Gasteiger partial charge in [-0.25, -0.2) is 9.97 Å². The number of carbonyl (C=O) groups is 1. The zero-order valence-corrected chi connectivity index (χ0v) is 13.0. The van der Waals surface area contributed by atoms with Crippen LogP contribution in [0.15, 0.2) is 18.5 Å². The first-order chi connectivity index (χ1) is 11.2. The van der Waals surface area contributed by atoms with Crippen molar-refractivity contribution in [3.63, 3.8) is 0 Å². The molecule has 3 aliphatic heterocycles. The molecule has 7 heteroatoms. The Morgan fingerprint density at radius 3 is 3.04 bits per heavy atom. The van der Waals surface area contributed by atoms with E-state index in [2.05, 4.69) is 9.97 Å². The van der Waals surface area contributed by atoms with Gasteiger partial charge in [-0.05, 0) is 25.3 Å². The van der Waals surface area contributed by atoms with Crippen LogP contribution in [0.25, 0.3) is 0 Å². The molecule has 0 saturated carbocycles. The molecule has 7 nitrogen and oxygen atoms in total. The van der Waals surface area contributed by atoms with Crippen molar-refractivity contribution < 1.29 is 19.0 Å². The highest BCUT2D eigenvalue weighted by atomic mass is 16.6. The Labute approximate surface area is 134 Å². The lowest BCUT2D eigenvalue weighted by molar-refractivity contribution is -0.140. The summed E-state index contributed by atoms with van der Waals surface area (Å²) >= 11 is 0. The van der Waals surface area contributed by atoms with E-state index in [1.165, 1.54) is 0 Å². The van der Waals surface area contributed by atoms with E-state index in [9.17, 15) is 4.79 Å². The van der Waals surface area contributed by atoms with Crippen molar-refractivity contribution in [3.8, 4) is 6.01 Å². The molecule has 0 bridgehead atoms. The number of aromatic nitrogens is 2. The van der Waals surface area contributed by atoms with Gasteiger partial charge in [-0.1, -0.05) is 0 Å². The van der Waals surface area contributed by atoms with Gasteiger partial charge in [0.25, 0.3) is 5.91 Å². The van der Waals surface area contributed by atoms with Crippen LogP contribution in [0.3, 0.4) is 0 Å². The minimum Gasteiger partial charge on any atom is -0.458 e. The number of hydrogen-bond acceptors (Lipinski definition) is 6. The third-order valence-electron chi connectivity index (χ3n) is 4.82. The minimum atomic E-state index is -0.284. The quantitative estimate of drug-likeness (QED) is 0.820. The van der Waals surface area contributed by atoms with Crippen LogP contribution in [0.1, 0.15) is 25.7 Å². The summed E-state index contributed by atoms with van der Waals surface area (Å²) in [4.78, 5) is 22.5. The van der Waals surface area contributed by atoms with E-state index >= 15 is 0 Å². The molecule has 23 heavy (non-hydrogen) atoms. The second-order valence-corrected chi connectivity index (χ2v) is 6.48. The Morgan fingerprint density at radius 1 is 1.39 bits per heavy atom. The molecule has 124 valence electrons. The summed E-state index contributed by atoms with van der Waals surface area (Å²) in [6.45, 7) is 2.56. The van der Waals surface area contributed by atoms with Gasteiger partial charge in [0.1, 0.15) is 12.2 Å². The monoisotopic (exact) mass is 319 g/mol. The highest BCUT2D eigenvalue weighted by Crippen LogP contribution is 2.36. The first-order valence-electron chi connectivity index (χ1n) is 8.22. The average molecular weight is 319 g/mol. The van der Waals surface area contributed by atoms with E-state index in [0.29, 0.717) is 25.8 Å². The lowest BCUT2D eigenvalue weighted by Crippen LogP contribution is -2.40. The Kier molecular flexibility index (Phi) is 3.90. The Morgan fingerprint density at radius 2 is 2.26 bits per heavy atom. The molecule has 3 atom stereocenters. The molecule has 4 heterocycles. The molecule has 1 aromatic rings. The summed E-state index contributed by atoms with van der Waals surface area (Å²) in [5.74, 6) is 0.110. The van der Waals surface area contributed by atoms with Crippen molar-refractivity contribution in [1.82, 2.24) is 14.9 Å². The zero-order chi connectivity index (χ0) is 15.7. The van der Waals surface area contributed by atoms with Crippen LogP contribution < -0.4 is 4.74 Å². The summed E-state index contributed by atoms with van der Waals surface area (Å²) < 4.78 is 17.3. The Balaban J connectivity index is 1.34. The van der Waals surface area contributed by atoms with Gasteiger partial charge in [-0.2, -0.15) is 0 Å². The fourth-order valence-electron chi connectivity index (χ4n) is 3.67. The number of nitrogens with zero attached hydrogens (tertiary/aromatic N) is 3. The first kappa shape index (κ1) is 14.8. The largest absolute Gasteiger partial charge is 0.458 e. The van der Waals surface area contributed by atoms with Crippen LogP contribution in [-0.4, -0.2) is 64.9 Å². The van der Waals surface area contributed by atoms with E-state index in [-0.39, 0.29) is 23.7 Å². The molecule has 0 unspecified atom stereocenters. The highest BCUT2D eigenvalue weighted by Gasteiger charge is 2.48. The maximum absolute atomic E-state index is 12.5. The molecule has 3 fully saturated rings. The van der Waals surface area contributed by atoms with Gasteiger partial charge in [0, 0.05) is 38.5 Å². The standard InChI is InChI=1S/C16H21N3O4/c20-14(13-3-1-8-21-13)19-7-4-16(11-19)9-12(10-22-16)23-15-17-5-2-6-18-15/h2,5-6,12-13H,1,3-4,7-11H2/t12-,13+,16+/m0/s1. The van der Waals surface area contributed by atoms with E-state index in [1.54, 1.807) is 18.5 Å². The summed E-state index contributed by atoms with van der Waals surface area (Å²) in [6.07, 6.45) is 6.42. The topological polar surface area (TPSA) is 73.8 Å². The van der Waals surface area contributed by atoms with Gasteiger partial charge in [-0.3, -0.25) is 4.79 Å². The van der Waals surface area contributed by atoms with Crippen LogP contribution in [-0.2, 0) is 14.3 Å². The van der Waals surface area contributed by atoms with Crippen LogP contribution in [0.2, 0.25) is 0 Å². The molecule has 0 aliphatic carbocycles. The van der Waals surface area contributed by atoms with E-state index in [4.69, 9.17) is 14.2 Å². The second kappa shape index (κ2) is 6.05. The predicted octanol–water partition coefficient (Wildman–Crippen LogP) is 0.794. The number of likely N-dealkylation sites (tertiary alicyclic amines) is 1. The van der Waals surface area contributed by atoms with Gasteiger partial charge in [0.15, 0.2) is 0 Å². The molecular weight excluding hydrogens is 298 g/mol. The van der Waals surface area contributed by atoms with Crippen molar-refractivity contribution >= 4 is 5.91 Å². The molecule has 4 rings (SSSR count). The lowest BCUT2D eigenvalue weighted by Gasteiger charge is -2.24. The third kappa shape index (κ3) is 3.03. The number of amides is 1. The van der Waals surface area contributed by atoms with Gasteiger partial charge in [0.2, 0.25) is 0 Å². The average Bonchev–Trinajstić information content (AvgIpc) is 3.31. The molecule has 1 spiro atoms. The SMILES string of the molecule is O=C([C@H]1CCCO1)N1CC[C@@]2(C[C@H](Oc3ncccn3)CO2)C1. The Bertz CT molecular complexity index is 564. The number of carbonyl (C=O) groups excluding carboxylic acids is 1. The van der Waals surface area contributed by atoms with Gasteiger partial charge in [0.05, 0.1) is 12.2 Å². The van der Waals surface area contributed by atoms with Crippen LogP contribution in [0.5, 0.6) is 6.01 Å². The molecule has 1 amide bonds. The highest BCUT2D eigenvalue weighted by molar-refractivity contribution is 5.81. The van der Waals surface area contributed by atoms with Crippen molar-refractivity contribution in [2.45, 2.75) is 43.5 Å². The molecular formula is C16H21N3O4. The van der Waals surface area contributed by atoms with Crippen molar-refractivity contribution in [3.05, 3.63) is 18.5 Å². The molecule has 3 saturated heterocycles. The number of rotatable bonds is 3. The van der Waals surface area contributed by atoms with Crippen LogP contribution in [0.4, 0.5) is 0 Å². The molecule has 1 aromatic heterocycles. The Hall–Kier alpha value is -1.73. The van der Waals surface area contributed by atoms with Crippen molar-refractivity contribution in [1.29, 1.82) is 0 Å². The van der Waals surface area contributed by atoms with Crippen molar-refractivity contribution in [2.24, 2.45) is 0 Å². The first-order valence-corrected chi connectivity index (χ1v) is 8.22. The predicted molar refractivity (Wildman–Crippen MR) is 79.9 cm³/mol. The fourth-order valence-corrected chi connectivity index (χ4v) is 3.67. The van der Waals surface area contributed by atoms with Crippen LogP contribution in [0, 0.1) is 0 Å². The van der Waals surface area contributed by atoms with Gasteiger partial charge in [-0.15, -0.1) is 0 Å². The molecule has 0 N–H and O–H groups in total. The van der Waals surface area contributed by atoms with Gasteiger partial charge < -0.3 is 19.1 Å². The second-order valence-electron chi connectivity index (χ2n) is 6.48. The molecule has 0 radical (unpaired) electrons. The smallest absolute Gasteiger partial charge is 0.316 e.